The highest BCUT2D eigenvalue weighted by Crippen LogP contribution is 2.14. The third-order valence-corrected chi connectivity index (χ3v) is 5.39. The van der Waals surface area contributed by atoms with Gasteiger partial charge in [0.05, 0.1) is 10.6 Å². The lowest BCUT2D eigenvalue weighted by atomic mass is 10.1. The molecule has 0 fully saturated rings. The van der Waals surface area contributed by atoms with Gasteiger partial charge in [-0.15, -0.1) is 5.10 Å². The number of sulfone groups is 1. The third-order valence-electron chi connectivity index (χ3n) is 3.65. The molecule has 0 aliphatic carbocycles. The molecule has 1 N–H and O–H groups in total. The summed E-state index contributed by atoms with van der Waals surface area (Å²) in [5, 5.41) is 10.0. The van der Waals surface area contributed by atoms with Crippen LogP contribution in [0.2, 0.25) is 0 Å². The summed E-state index contributed by atoms with van der Waals surface area (Å²) >= 11 is 0. The van der Waals surface area contributed by atoms with Gasteiger partial charge in [0, 0.05) is 12.0 Å². The van der Waals surface area contributed by atoms with Crippen LogP contribution in [0.25, 0.3) is 0 Å². The molecular weight excluding hydrogens is 354 g/mol. The number of amides is 1. The second kappa shape index (κ2) is 7.49. The topological polar surface area (TPSA) is 102 Å². The third kappa shape index (κ3) is 4.34. The summed E-state index contributed by atoms with van der Waals surface area (Å²) in [6.07, 6.45) is 0.0601. The molecule has 0 saturated carbocycles. The van der Waals surface area contributed by atoms with Crippen LogP contribution in [-0.2, 0) is 16.3 Å². The monoisotopic (exact) mass is 371 g/mol. The fourth-order valence-corrected chi connectivity index (χ4v) is 3.58. The summed E-state index contributed by atoms with van der Waals surface area (Å²) in [6, 6.07) is 15.2. The van der Waals surface area contributed by atoms with Crippen molar-refractivity contribution in [1.82, 2.24) is 10.2 Å². The molecule has 2 aromatic carbocycles. The minimum absolute atomic E-state index is 0.0601. The number of rotatable bonds is 6. The average Bonchev–Trinajstić information content (AvgIpc) is 3.08. The molecule has 1 heterocycles. The Morgan fingerprint density at radius 1 is 1.08 bits per heavy atom. The predicted molar refractivity (Wildman–Crippen MR) is 95.6 cm³/mol. The maximum atomic E-state index is 12.2. The van der Waals surface area contributed by atoms with Crippen molar-refractivity contribution in [3.8, 4) is 0 Å². The molecule has 7 nitrogen and oxygen atoms in total. The molecule has 3 aromatic rings. The van der Waals surface area contributed by atoms with Gasteiger partial charge < -0.3 is 4.42 Å². The van der Waals surface area contributed by atoms with Crippen molar-refractivity contribution in [2.24, 2.45) is 0 Å². The van der Waals surface area contributed by atoms with E-state index in [2.05, 4.69) is 15.5 Å². The molecule has 0 aliphatic heterocycles. The summed E-state index contributed by atoms with van der Waals surface area (Å²) in [4.78, 5) is 12.4. The Kier molecular flexibility index (Phi) is 5.13. The molecule has 26 heavy (non-hydrogen) atoms. The predicted octanol–water partition coefficient (Wildman–Crippen LogP) is 2.65. The van der Waals surface area contributed by atoms with Gasteiger partial charge in [-0.1, -0.05) is 41.0 Å². The van der Waals surface area contributed by atoms with E-state index in [0.717, 1.165) is 5.56 Å². The maximum absolute atomic E-state index is 12.2. The van der Waals surface area contributed by atoms with Gasteiger partial charge in [0.1, 0.15) is 0 Å². The quantitative estimate of drug-likeness (QED) is 0.715. The second-order valence-corrected chi connectivity index (χ2v) is 7.82. The van der Waals surface area contributed by atoms with Crippen molar-refractivity contribution in [3.05, 3.63) is 71.6 Å². The van der Waals surface area contributed by atoms with E-state index in [4.69, 9.17) is 4.42 Å². The van der Waals surface area contributed by atoms with Crippen molar-refractivity contribution >= 4 is 21.8 Å². The Balaban J connectivity index is 1.62. The van der Waals surface area contributed by atoms with Gasteiger partial charge in [-0.25, -0.2) is 8.42 Å². The Morgan fingerprint density at radius 3 is 2.58 bits per heavy atom. The number of benzene rings is 2. The van der Waals surface area contributed by atoms with Crippen LogP contribution in [0.15, 0.2) is 63.9 Å². The van der Waals surface area contributed by atoms with Crippen molar-refractivity contribution < 1.29 is 17.6 Å². The molecule has 0 radical (unpaired) electrons. The molecule has 0 spiro atoms. The van der Waals surface area contributed by atoms with Crippen LogP contribution >= 0.6 is 0 Å². The standard InChI is InChI=1S/C18H17N3O4S/c1-13-6-5-7-14(12-13)17(22)19-18-21-20-16(25-18)10-11-26(23,24)15-8-3-2-4-9-15/h2-9,12H,10-11H2,1H3,(H,19,21,22). The first-order chi connectivity index (χ1) is 12.4. The number of hydrogen-bond donors (Lipinski definition) is 1. The van der Waals surface area contributed by atoms with E-state index in [9.17, 15) is 13.2 Å². The van der Waals surface area contributed by atoms with Crippen LogP contribution in [-0.4, -0.2) is 30.3 Å². The summed E-state index contributed by atoms with van der Waals surface area (Å²) in [7, 11) is -3.44. The smallest absolute Gasteiger partial charge is 0.322 e. The summed E-state index contributed by atoms with van der Waals surface area (Å²) in [5.74, 6) is -0.394. The Morgan fingerprint density at radius 2 is 1.85 bits per heavy atom. The first-order valence-corrected chi connectivity index (χ1v) is 9.57. The molecule has 0 atom stereocenters. The van der Waals surface area contributed by atoms with Crippen LogP contribution in [0.1, 0.15) is 21.8 Å². The molecule has 0 bridgehead atoms. The van der Waals surface area contributed by atoms with Crippen molar-refractivity contribution in [1.29, 1.82) is 0 Å². The van der Waals surface area contributed by atoms with Crippen molar-refractivity contribution in [2.75, 3.05) is 11.1 Å². The van der Waals surface area contributed by atoms with Gasteiger partial charge in [0.25, 0.3) is 5.91 Å². The van der Waals surface area contributed by atoms with E-state index < -0.39 is 9.84 Å². The zero-order chi connectivity index (χ0) is 18.6. The van der Waals surface area contributed by atoms with Crippen LogP contribution in [0.3, 0.4) is 0 Å². The van der Waals surface area contributed by atoms with Gasteiger partial charge in [0.15, 0.2) is 9.84 Å². The van der Waals surface area contributed by atoms with E-state index >= 15 is 0 Å². The molecular formula is C18H17N3O4S. The number of carbonyl (C=O) groups excluding carboxylic acids is 1. The zero-order valence-corrected chi connectivity index (χ0v) is 14.9. The molecule has 0 aliphatic rings. The van der Waals surface area contributed by atoms with Gasteiger partial charge >= 0.3 is 6.01 Å². The largest absolute Gasteiger partial charge is 0.408 e. The fourth-order valence-electron chi connectivity index (χ4n) is 2.33. The van der Waals surface area contributed by atoms with Crippen LogP contribution in [0.4, 0.5) is 6.01 Å². The molecule has 3 rings (SSSR count). The lowest BCUT2D eigenvalue weighted by Crippen LogP contribution is -2.12. The Bertz CT molecular complexity index is 1010. The number of hydrogen-bond acceptors (Lipinski definition) is 6. The number of aromatic nitrogens is 2. The van der Waals surface area contributed by atoms with E-state index in [1.54, 1.807) is 36.4 Å². The van der Waals surface area contributed by atoms with Gasteiger partial charge in [-0.05, 0) is 31.2 Å². The van der Waals surface area contributed by atoms with Crippen molar-refractivity contribution in [3.63, 3.8) is 0 Å². The molecule has 134 valence electrons. The lowest BCUT2D eigenvalue weighted by molar-refractivity contribution is 0.102. The van der Waals surface area contributed by atoms with Crippen LogP contribution in [0, 0.1) is 6.92 Å². The SMILES string of the molecule is Cc1cccc(C(=O)Nc2nnc(CCS(=O)(=O)c3ccccc3)o2)c1. The zero-order valence-electron chi connectivity index (χ0n) is 14.0. The second-order valence-electron chi connectivity index (χ2n) is 5.71. The normalized spacial score (nSPS) is 11.3. The molecule has 0 unspecified atom stereocenters. The number of anilines is 1. The minimum Gasteiger partial charge on any atom is -0.408 e. The lowest BCUT2D eigenvalue weighted by Gasteiger charge is -2.02. The number of carbonyl (C=O) groups is 1. The number of nitrogens with zero attached hydrogens (tertiary/aromatic N) is 2. The summed E-state index contributed by atoms with van der Waals surface area (Å²) in [5.41, 5.74) is 1.42. The minimum atomic E-state index is -3.44. The highest BCUT2D eigenvalue weighted by Gasteiger charge is 2.17. The molecule has 1 aromatic heterocycles. The Labute approximate surface area is 151 Å². The molecule has 8 heteroatoms. The average molecular weight is 371 g/mol. The van der Waals surface area contributed by atoms with E-state index in [-0.39, 0.29) is 34.9 Å². The Hall–Kier alpha value is -3.00. The number of aryl methyl sites for hydroxylation is 2. The van der Waals surface area contributed by atoms with E-state index in [1.807, 2.05) is 13.0 Å². The van der Waals surface area contributed by atoms with Crippen molar-refractivity contribution in [2.45, 2.75) is 18.2 Å². The van der Waals surface area contributed by atoms with E-state index in [0.29, 0.717) is 5.56 Å². The van der Waals surface area contributed by atoms with Gasteiger partial charge in [-0.2, -0.15) is 0 Å². The maximum Gasteiger partial charge on any atom is 0.322 e. The van der Waals surface area contributed by atoms with Gasteiger partial charge in [0.2, 0.25) is 5.89 Å². The molecule has 0 saturated heterocycles. The van der Waals surface area contributed by atoms with Gasteiger partial charge in [-0.3, -0.25) is 10.1 Å². The fraction of sp³-hybridized carbons (Fsp3) is 0.167. The first kappa shape index (κ1) is 17.8. The highest BCUT2D eigenvalue weighted by molar-refractivity contribution is 7.91. The van der Waals surface area contributed by atoms with Crippen LogP contribution < -0.4 is 5.32 Å². The number of nitrogens with one attached hydrogen (secondary N) is 1. The van der Waals surface area contributed by atoms with E-state index in [1.165, 1.54) is 12.1 Å². The highest BCUT2D eigenvalue weighted by atomic mass is 32.2. The van der Waals surface area contributed by atoms with Crippen LogP contribution in [0.5, 0.6) is 0 Å². The summed E-state index contributed by atoms with van der Waals surface area (Å²) in [6.45, 7) is 1.88. The first-order valence-electron chi connectivity index (χ1n) is 7.92. The molecule has 1 amide bonds. The summed E-state index contributed by atoms with van der Waals surface area (Å²) < 4.78 is 29.8.